The van der Waals surface area contributed by atoms with Crippen molar-refractivity contribution in [3.63, 3.8) is 0 Å². The average Bonchev–Trinajstić information content (AvgIpc) is 0.918. The van der Waals surface area contributed by atoms with Gasteiger partial charge in [-0.2, -0.15) is 0 Å². The summed E-state index contributed by atoms with van der Waals surface area (Å²) >= 11 is 0. The van der Waals surface area contributed by atoms with Crippen LogP contribution < -0.4 is 0 Å². The molecule has 2 heteroatoms. The second-order valence-corrected chi connectivity index (χ2v) is 0.289. The van der Waals surface area contributed by atoms with Crippen molar-refractivity contribution in [2.45, 2.75) is 0 Å². The molecule has 26 valence electrons. The van der Waals surface area contributed by atoms with Gasteiger partial charge in [0, 0.05) is 19.5 Å². The average molecular weight is 227 g/mol. The maximum Gasteiger partial charge on any atom is 0 e. The molecule has 2 radical (unpaired) electrons. The van der Waals surface area contributed by atoms with Crippen LogP contribution in [-0.2, 0) is 19.5 Å². The van der Waals surface area contributed by atoms with Gasteiger partial charge < -0.3 is 0 Å². The summed E-state index contributed by atoms with van der Waals surface area (Å²) in [6, 6.07) is 0. The molecule has 0 atom stereocenters. The molecule has 5 heavy (non-hydrogen) atoms. The van der Waals surface area contributed by atoms with Crippen LogP contribution in [-0.4, -0.2) is 23.9 Å². The van der Waals surface area contributed by atoms with Gasteiger partial charge in [-0.3, -0.25) is 0 Å². The van der Waals surface area contributed by atoms with E-state index in [1.165, 1.54) is 6.08 Å². The van der Waals surface area contributed by atoms with Crippen LogP contribution in [0.5, 0.6) is 0 Å². The molecule has 0 rings (SSSR count). The Morgan fingerprint density at radius 3 is 1.60 bits per heavy atom. The molecule has 0 bridgehead atoms. The van der Waals surface area contributed by atoms with Crippen LogP contribution in [0.4, 0.5) is 0 Å². The second kappa shape index (κ2) is 19.8. The standard InChI is InChI=1S/C3H5.Sn.Zn.2H/c1-3-2;;;;/h3H,1-2H2;;;;/q-1;;;;. The maximum atomic E-state index is 3.25. The first-order chi connectivity index (χ1) is 1.41. The van der Waals surface area contributed by atoms with Crippen LogP contribution in [0.3, 0.4) is 0 Å². The van der Waals surface area contributed by atoms with E-state index in [2.05, 4.69) is 13.5 Å². The van der Waals surface area contributed by atoms with Crippen LogP contribution in [0.25, 0.3) is 0 Å². The van der Waals surface area contributed by atoms with E-state index in [1.807, 2.05) is 0 Å². The fraction of sp³-hybridized carbons (Fsp3) is 0. The Kier molecular flexibility index (Phi) is 65.8. The van der Waals surface area contributed by atoms with Crippen LogP contribution >= 0.6 is 0 Å². The van der Waals surface area contributed by atoms with E-state index in [0.717, 1.165) is 0 Å². The predicted molar refractivity (Wildman–Crippen MR) is 24.1 cm³/mol. The molecule has 0 spiro atoms. The third kappa shape index (κ3) is 43.4. The molecule has 0 aliphatic heterocycles. The number of hydrogen-bond donors (Lipinski definition) is 0. The second-order valence-electron chi connectivity index (χ2n) is 0.289. The van der Waals surface area contributed by atoms with Crippen molar-refractivity contribution < 1.29 is 19.5 Å². The summed E-state index contributed by atoms with van der Waals surface area (Å²) in [5, 5.41) is 0. The van der Waals surface area contributed by atoms with Crippen molar-refractivity contribution in [1.29, 1.82) is 0 Å². The van der Waals surface area contributed by atoms with Gasteiger partial charge in [0.1, 0.15) is 0 Å². The van der Waals surface area contributed by atoms with Crippen molar-refractivity contribution in [2.24, 2.45) is 0 Å². The van der Waals surface area contributed by atoms with Crippen molar-refractivity contribution in [1.82, 2.24) is 0 Å². The smallest absolute Gasteiger partial charge is 0 e. The summed E-state index contributed by atoms with van der Waals surface area (Å²) in [6.07, 6.45) is 1.50. The van der Waals surface area contributed by atoms with Crippen LogP contribution in [0.2, 0.25) is 0 Å². The van der Waals surface area contributed by atoms with Gasteiger partial charge in [0.25, 0.3) is 0 Å². The Balaban J connectivity index is -0.0000000200. The van der Waals surface area contributed by atoms with Gasteiger partial charge in [0.05, 0.1) is 0 Å². The van der Waals surface area contributed by atoms with E-state index in [0.29, 0.717) is 0 Å². The van der Waals surface area contributed by atoms with Gasteiger partial charge in [-0.05, 0) is 0 Å². The van der Waals surface area contributed by atoms with Gasteiger partial charge in [-0.15, -0.1) is 0 Å². The molecule has 0 saturated carbocycles. The summed E-state index contributed by atoms with van der Waals surface area (Å²) in [7, 11) is 0. The van der Waals surface area contributed by atoms with Crippen LogP contribution in [0, 0.1) is 6.92 Å². The largest absolute Gasteiger partial charge is 0 e. The molecule has 0 aromatic heterocycles. The molecule has 0 amide bonds. The Bertz CT molecular complexity index is 14.4. The van der Waals surface area contributed by atoms with E-state index in [1.54, 1.807) is 0 Å². The van der Waals surface area contributed by atoms with Crippen molar-refractivity contribution >= 4 is 23.9 Å². The number of rotatable bonds is 0. The monoisotopic (exact) mass is 227 g/mol. The van der Waals surface area contributed by atoms with E-state index < -0.39 is 0 Å². The Morgan fingerprint density at radius 1 is 1.60 bits per heavy atom. The first kappa shape index (κ1) is 16.6. The zero-order chi connectivity index (χ0) is 2.71. The number of hydrogen-bond acceptors (Lipinski definition) is 0. The zero-order valence-electron chi connectivity index (χ0n) is 3.41. The summed E-state index contributed by atoms with van der Waals surface area (Å²) in [5.74, 6) is 0. The molecule has 0 N–H and O–H groups in total. The zero-order valence-corrected chi connectivity index (χ0v) is 10.4. The Labute approximate surface area is 62.7 Å². The summed E-state index contributed by atoms with van der Waals surface area (Å²) < 4.78 is 0. The molecule has 0 heterocycles. The van der Waals surface area contributed by atoms with Gasteiger partial charge >= 0.3 is 23.9 Å². The van der Waals surface area contributed by atoms with Crippen LogP contribution in [0.1, 0.15) is 0 Å². The van der Waals surface area contributed by atoms with Gasteiger partial charge in [-0.1, -0.05) is 0 Å². The summed E-state index contributed by atoms with van der Waals surface area (Å²) in [4.78, 5) is 0. The van der Waals surface area contributed by atoms with E-state index >= 15 is 0 Å². The normalized spacial score (nSPS) is 2.40. The summed E-state index contributed by atoms with van der Waals surface area (Å²) in [5.41, 5.74) is 0. The predicted octanol–water partition coefficient (Wildman–Crippen LogP) is 0.0878. The van der Waals surface area contributed by atoms with Crippen molar-refractivity contribution in [3.05, 3.63) is 19.6 Å². The minimum atomic E-state index is 0. The quantitative estimate of drug-likeness (QED) is 0.406. The van der Waals surface area contributed by atoms with E-state index in [-0.39, 0.29) is 43.4 Å². The van der Waals surface area contributed by atoms with Gasteiger partial charge in [-0.25, -0.2) is 19.6 Å². The van der Waals surface area contributed by atoms with Gasteiger partial charge in [0.2, 0.25) is 0 Å². The topological polar surface area (TPSA) is 0 Å². The van der Waals surface area contributed by atoms with E-state index in [4.69, 9.17) is 0 Å². The molecule has 0 aromatic rings. The first-order valence-corrected chi connectivity index (χ1v) is 0.816. The van der Waals surface area contributed by atoms with Crippen molar-refractivity contribution in [2.75, 3.05) is 0 Å². The molecule has 0 unspecified atom stereocenters. The fourth-order valence-corrected chi connectivity index (χ4v) is 0. The molecule has 0 aliphatic carbocycles. The molecule has 0 nitrogen and oxygen atoms in total. The number of allylic oxidation sites excluding steroid dienone is 1. The molecule has 0 saturated heterocycles. The Hall–Kier alpha value is 1.03. The third-order valence-corrected chi connectivity index (χ3v) is 0. The van der Waals surface area contributed by atoms with Crippen LogP contribution in [0.15, 0.2) is 12.7 Å². The van der Waals surface area contributed by atoms with E-state index in [9.17, 15) is 0 Å². The summed E-state index contributed by atoms with van der Waals surface area (Å²) in [6.45, 7) is 6.50. The SMILES string of the molecule is C=C[CH2-].[SnH2].[Zn]. The fourth-order valence-electron chi connectivity index (χ4n) is 0. The minimum Gasteiger partial charge on any atom is 0 e. The third-order valence-electron chi connectivity index (χ3n) is 0. The Morgan fingerprint density at radius 2 is 1.60 bits per heavy atom. The molecular formula is C3H7SnZn-. The first-order valence-electron chi connectivity index (χ1n) is 0.816. The minimum absolute atomic E-state index is 0. The molecule has 0 aliphatic rings. The molecule has 0 aromatic carbocycles. The molecule has 0 fully saturated rings. The maximum absolute atomic E-state index is 3.25. The van der Waals surface area contributed by atoms with Crippen molar-refractivity contribution in [3.8, 4) is 0 Å². The van der Waals surface area contributed by atoms with Gasteiger partial charge in [0.15, 0.2) is 0 Å². The molecular weight excluding hydrogens is 220 g/mol.